The van der Waals surface area contributed by atoms with Gasteiger partial charge >= 0.3 is 5.97 Å². The summed E-state index contributed by atoms with van der Waals surface area (Å²) in [5, 5.41) is 0. The number of carbonyl (C=O) groups is 1. The highest BCUT2D eigenvalue weighted by Gasteiger charge is 2.47. The Bertz CT molecular complexity index is 268. The molecule has 0 spiro atoms. The van der Waals surface area contributed by atoms with E-state index in [4.69, 9.17) is 14.2 Å². The second-order valence-electron chi connectivity index (χ2n) is 2.99. The fourth-order valence-corrected chi connectivity index (χ4v) is 1.45. The van der Waals surface area contributed by atoms with Crippen LogP contribution in [0.4, 0.5) is 0 Å². The van der Waals surface area contributed by atoms with Crippen molar-refractivity contribution < 1.29 is 19.0 Å². The number of hydrogen-bond donors (Lipinski definition) is 0. The van der Waals surface area contributed by atoms with Crippen LogP contribution in [0.1, 0.15) is 13.8 Å². The highest BCUT2D eigenvalue weighted by Crippen LogP contribution is 2.36. The van der Waals surface area contributed by atoms with Crippen LogP contribution in [0.2, 0.25) is 0 Å². The molecule has 0 aromatic heterocycles. The summed E-state index contributed by atoms with van der Waals surface area (Å²) < 4.78 is 15.6. The van der Waals surface area contributed by atoms with Crippen molar-refractivity contribution in [1.82, 2.24) is 0 Å². The fourth-order valence-electron chi connectivity index (χ4n) is 1.45. The molecule has 1 unspecified atom stereocenters. The molecule has 0 bridgehead atoms. The Morgan fingerprint density at radius 2 is 2.17 bits per heavy atom. The van der Waals surface area contributed by atoms with Crippen LogP contribution in [-0.2, 0) is 19.0 Å². The third-order valence-corrected chi connectivity index (χ3v) is 2.05. The predicted octanol–water partition coefficient (Wildman–Crippen LogP) is 0.580. The molecule has 2 rings (SSSR count). The molecule has 0 aromatic carbocycles. The number of fused-ring (bicyclic) bond motifs is 1. The lowest BCUT2D eigenvalue weighted by Gasteiger charge is -2.30. The van der Waals surface area contributed by atoms with E-state index in [9.17, 15) is 4.79 Å². The number of carbonyl (C=O) groups excluding carboxylic acids is 1. The molecular weight excluding hydrogens is 160 g/mol. The molecule has 0 N–H and O–H groups in total. The molecule has 0 saturated carbocycles. The SMILES string of the molecule is CC1=C2OCCOC2(C)OC1=O. The van der Waals surface area contributed by atoms with Gasteiger partial charge in [0.2, 0.25) is 0 Å². The van der Waals surface area contributed by atoms with Crippen molar-refractivity contribution in [2.45, 2.75) is 19.6 Å². The number of esters is 1. The van der Waals surface area contributed by atoms with E-state index >= 15 is 0 Å². The maximum atomic E-state index is 11.1. The van der Waals surface area contributed by atoms with Crippen molar-refractivity contribution in [3.8, 4) is 0 Å². The van der Waals surface area contributed by atoms with Crippen LogP contribution >= 0.6 is 0 Å². The van der Waals surface area contributed by atoms with Gasteiger partial charge in [0.1, 0.15) is 6.61 Å². The summed E-state index contributed by atoms with van der Waals surface area (Å²) in [4.78, 5) is 11.1. The lowest BCUT2D eigenvalue weighted by atomic mass is 10.2. The average molecular weight is 170 g/mol. The van der Waals surface area contributed by atoms with E-state index in [1.807, 2.05) is 0 Å². The highest BCUT2D eigenvalue weighted by atomic mass is 16.8. The number of rotatable bonds is 0. The summed E-state index contributed by atoms with van der Waals surface area (Å²) in [6.07, 6.45) is 0. The van der Waals surface area contributed by atoms with Gasteiger partial charge in [-0.15, -0.1) is 0 Å². The zero-order valence-corrected chi connectivity index (χ0v) is 7.05. The molecule has 4 nitrogen and oxygen atoms in total. The first kappa shape index (κ1) is 7.61. The second kappa shape index (κ2) is 2.23. The molecule has 4 heteroatoms. The van der Waals surface area contributed by atoms with Gasteiger partial charge in [-0.1, -0.05) is 0 Å². The van der Waals surface area contributed by atoms with Crippen LogP contribution in [0.25, 0.3) is 0 Å². The summed E-state index contributed by atoms with van der Waals surface area (Å²) in [5.74, 6) is -0.785. The molecule has 1 fully saturated rings. The zero-order chi connectivity index (χ0) is 8.77. The van der Waals surface area contributed by atoms with Crippen molar-refractivity contribution in [2.24, 2.45) is 0 Å². The highest BCUT2D eigenvalue weighted by molar-refractivity contribution is 5.91. The third kappa shape index (κ3) is 0.845. The Hall–Kier alpha value is -1.03. The molecule has 66 valence electrons. The van der Waals surface area contributed by atoms with Crippen LogP contribution in [0.3, 0.4) is 0 Å². The summed E-state index contributed by atoms with van der Waals surface area (Å²) >= 11 is 0. The van der Waals surface area contributed by atoms with Crippen molar-refractivity contribution in [2.75, 3.05) is 13.2 Å². The van der Waals surface area contributed by atoms with Crippen LogP contribution in [0, 0.1) is 0 Å². The van der Waals surface area contributed by atoms with E-state index in [1.165, 1.54) is 0 Å². The third-order valence-electron chi connectivity index (χ3n) is 2.05. The Morgan fingerprint density at radius 3 is 2.83 bits per heavy atom. The number of ether oxygens (including phenoxy) is 3. The molecule has 2 heterocycles. The first-order valence-electron chi connectivity index (χ1n) is 3.85. The summed E-state index contributed by atoms with van der Waals surface area (Å²) in [6.45, 7) is 4.31. The van der Waals surface area contributed by atoms with Crippen molar-refractivity contribution in [3.63, 3.8) is 0 Å². The van der Waals surface area contributed by atoms with Crippen LogP contribution in [0.15, 0.2) is 11.3 Å². The minimum absolute atomic E-state index is 0.352. The minimum Gasteiger partial charge on any atom is -0.488 e. The van der Waals surface area contributed by atoms with E-state index in [1.54, 1.807) is 13.8 Å². The van der Waals surface area contributed by atoms with Gasteiger partial charge in [0.05, 0.1) is 12.2 Å². The molecule has 2 aliphatic rings. The van der Waals surface area contributed by atoms with E-state index in [0.29, 0.717) is 24.5 Å². The predicted molar refractivity (Wildman–Crippen MR) is 39.1 cm³/mol. The Balaban J connectivity index is 2.40. The van der Waals surface area contributed by atoms with Crippen LogP contribution < -0.4 is 0 Å². The van der Waals surface area contributed by atoms with E-state index in [-0.39, 0.29) is 5.97 Å². The molecule has 0 radical (unpaired) electrons. The maximum absolute atomic E-state index is 11.1. The fraction of sp³-hybridized carbons (Fsp3) is 0.625. The van der Waals surface area contributed by atoms with E-state index in [0.717, 1.165) is 0 Å². The first-order valence-corrected chi connectivity index (χ1v) is 3.85. The van der Waals surface area contributed by atoms with Gasteiger partial charge in [0, 0.05) is 6.92 Å². The van der Waals surface area contributed by atoms with Gasteiger partial charge in [-0.25, -0.2) is 4.79 Å². The quantitative estimate of drug-likeness (QED) is 0.499. The molecule has 0 amide bonds. The van der Waals surface area contributed by atoms with E-state index < -0.39 is 5.79 Å². The van der Waals surface area contributed by atoms with Gasteiger partial charge < -0.3 is 14.2 Å². The summed E-state index contributed by atoms with van der Waals surface area (Å²) in [5.41, 5.74) is 0.511. The van der Waals surface area contributed by atoms with Gasteiger partial charge in [-0.05, 0) is 6.92 Å². The van der Waals surface area contributed by atoms with Gasteiger partial charge in [0.25, 0.3) is 5.79 Å². The standard InChI is InChI=1S/C8H10O4/c1-5-6-8(2,12-7(5)9)11-4-3-10-6/h3-4H2,1-2H3. The first-order chi connectivity index (χ1) is 5.63. The molecular formula is C8H10O4. The Kier molecular flexibility index (Phi) is 1.41. The van der Waals surface area contributed by atoms with Crippen molar-refractivity contribution in [3.05, 3.63) is 11.3 Å². The molecule has 0 aromatic rings. The lowest BCUT2D eigenvalue weighted by Crippen LogP contribution is -2.38. The summed E-state index contributed by atoms with van der Waals surface area (Å²) in [6, 6.07) is 0. The normalized spacial score (nSPS) is 34.3. The largest absolute Gasteiger partial charge is 0.488 e. The Morgan fingerprint density at radius 1 is 1.42 bits per heavy atom. The van der Waals surface area contributed by atoms with E-state index in [2.05, 4.69) is 0 Å². The summed E-state index contributed by atoms with van der Waals surface area (Å²) in [7, 11) is 0. The minimum atomic E-state index is -0.959. The van der Waals surface area contributed by atoms with Crippen LogP contribution in [-0.4, -0.2) is 25.0 Å². The molecule has 12 heavy (non-hydrogen) atoms. The molecule has 0 aliphatic carbocycles. The van der Waals surface area contributed by atoms with Crippen molar-refractivity contribution >= 4 is 5.97 Å². The van der Waals surface area contributed by atoms with Gasteiger partial charge in [0.15, 0.2) is 5.76 Å². The zero-order valence-electron chi connectivity index (χ0n) is 7.05. The molecule has 1 atom stereocenters. The average Bonchev–Trinajstić information content (AvgIpc) is 2.24. The van der Waals surface area contributed by atoms with Crippen molar-refractivity contribution in [1.29, 1.82) is 0 Å². The maximum Gasteiger partial charge on any atom is 0.340 e. The second-order valence-corrected chi connectivity index (χ2v) is 2.99. The smallest absolute Gasteiger partial charge is 0.340 e. The lowest BCUT2D eigenvalue weighted by molar-refractivity contribution is -0.228. The monoisotopic (exact) mass is 170 g/mol. The molecule has 1 saturated heterocycles. The molecule has 2 aliphatic heterocycles. The Labute approximate surface area is 70.1 Å². The van der Waals surface area contributed by atoms with Gasteiger partial charge in [-0.2, -0.15) is 0 Å². The number of hydrogen-bond acceptors (Lipinski definition) is 4. The topological polar surface area (TPSA) is 44.8 Å². The van der Waals surface area contributed by atoms with Crippen LogP contribution in [0.5, 0.6) is 0 Å². The van der Waals surface area contributed by atoms with Gasteiger partial charge in [-0.3, -0.25) is 0 Å².